The predicted molar refractivity (Wildman–Crippen MR) is 127 cm³/mol. The van der Waals surface area contributed by atoms with E-state index in [9.17, 15) is 15.0 Å². The lowest BCUT2D eigenvalue weighted by Gasteiger charge is -2.45. The van der Waals surface area contributed by atoms with Gasteiger partial charge in [0.1, 0.15) is 12.2 Å². The van der Waals surface area contributed by atoms with Gasteiger partial charge in [0.25, 0.3) is 0 Å². The molecule has 33 heavy (non-hydrogen) atoms. The number of carbonyl (C=O) groups is 1. The van der Waals surface area contributed by atoms with Crippen molar-refractivity contribution in [3.63, 3.8) is 0 Å². The number of aliphatic hydroxyl groups is 2. The van der Waals surface area contributed by atoms with Gasteiger partial charge in [0, 0.05) is 6.92 Å². The minimum Gasteiger partial charge on any atom is -0.457 e. The number of esters is 1. The van der Waals surface area contributed by atoms with Gasteiger partial charge in [-0.1, -0.05) is 35.5 Å². The van der Waals surface area contributed by atoms with Gasteiger partial charge in [-0.25, -0.2) is 0 Å². The van der Waals surface area contributed by atoms with E-state index in [0.29, 0.717) is 30.3 Å². The maximum absolute atomic E-state index is 11.2. The largest absolute Gasteiger partial charge is 0.457 e. The molecule has 2 fully saturated rings. The lowest BCUT2D eigenvalue weighted by molar-refractivity contribution is -0.276. The normalized spacial score (nSPS) is 35.3. The Balaban J connectivity index is 1.69. The van der Waals surface area contributed by atoms with E-state index < -0.39 is 30.6 Å². The fraction of sp³-hybridized carbons (Fsp3) is 0.741. The van der Waals surface area contributed by atoms with Crippen molar-refractivity contribution in [1.29, 1.82) is 0 Å². The fourth-order valence-corrected chi connectivity index (χ4v) is 5.74. The van der Waals surface area contributed by atoms with Crippen molar-refractivity contribution < 1.29 is 29.2 Å². The van der Waals surface area contributed by atoms with Crippen LogP contribution in [-0.2, 0) is 19.0 Å². The van der Waals surface area contributed by atoms with E-state index in [1.54, 1.807) is 0 Å². The molecular weight excluding hydrogens is 420 g/mol. The van der Waals surface area contributed by atoms with E-state index in [2.05, 4.69) is 39.5 Å². The van der Waals surface area contributed by atoms with Gasteiger partial charge in [-0.2, -0.15) is 0 Å². The quantitative estimate of drug-likeness (QED) is 0.413. The number of rotatable bonds is 8. The van der Waals surface area contributed by atoms with Gasteiger partial charge in [0.2, 0.25) is 0 Å². The van der Waals surface area contributed by atoms with Crippen molar-refractivity contribution in [1.82, 2.24) is 0 Å². The molecule has 0 aromatic rings. The Morgan fingerprint density at radius 3 is 2.70 bits per heavy atom. The predicted octanol–water partition coefficient (Wildman–Crippen LogP) is 4.31. The maximum atomic E-state index is 11.2. The third-order valence-corrected chi connectivity index (χ3v) is 7.53. The standard InChI is InChI=1S/C27H42O6/c1-16(2)7-6-8-20(22-12-10-18(4)21-11-9-17(3)13-23(21)22)14-31-27-26(30)25(29)24(15-32-27)33-19(5)28/h7,13,20-27,29-30H,4,6,8-12,14-15H2,1-3,5H3/t20-,21-,22+,23-,24+,25-,26+,27+/m1/s1. The smallest absolute Gasteiger partial charge is 0.303 e. The van der Waals surface area contributed by atoms with Crippen molar-refractivity contribution in [3.05, 3.63) is 35.5 Å². The Hall–Kier alpha value is -1.47. The zero-order valence-corrected chi connectivity index (χ0v) is 20.7. The molecule has 0 bridgehead atoms. The molecule has 3 rings (SSSR count). The van der Waals surface area contributed by atoms with E-state index in [-0.39, 0.29) is 6.61 Å². The highest BCUT2D eigenvalue weighted by Gasteiger charge is 2.43. The molecule has 6 heteroatoms. The highest BCUT2D eigenvalue weighted by molar-refractivity contribution is 5.66. The van der Waals surface area contributed by atoms with Crippen LogP contribution in [0.15, 0.2) is 35.5 Å². The van der Waals surface area contributed by atoms with Crippen LogP contribution in [0.4, 0.5) is 0 Å². The molecule has 0 aromatic heterocycles. The van der Waals surface area contributed by atoms with Gasteiger partial charge in [0.05, 0.1) is 13.2 Å². The van der Waals surface area contributed by atoms with Gasteiger partial charge in [0.15, 0.2) is 12.4 Å². The van der Waals surface area contributed by atoms with Gasteiger partial charge in [-0.15, -0.1) is 0 Å². The highest BCUT2D eigenvalue weighted by Crippen LogP contribution is 2.48. The number of hydrogen-bond acceptors (Lipinski definition) is 6. The topological polar surface area (TPSA) is 85.2 Å². The number of carbonyl (C=O) groups excluding carboxylic acids is 1. The van der Waals surface area contributed by atoms with Crippen LogP contribution in [0.5, 0.6) is 0 Å². The van der Waals surface area contributed by atoms with Crippen LogP contribution in [0.1, 0.15) is 66.2 Å². The summed E-state index contributed by atoms with van der Waals surface area (Å²) in [5.41, 5.74) is 4.16. The molecule has 6 nitrogen and oxygen atoms in total. The molecule has 8 atom stereocenters. The van der Waals surface area contributed by atoms with Crippen molar-refractivity contribution in [2.45, 2.75) is 90.8 Å². The summed E-state index contributed by atoms with van der Waals surface area (Å²) in [4.78, 5) is 11.2. The van der Waals surface area contributed by atoms with Crippen LogP contribution in [0, 0.1) is 23.7 Å². The van der Waals surface area contributed by atoms with E-state index in [4.69, 9.17) is 14.2 Å². The van der Waals surface area contributed by atoms with Gasteiger partial charge < -0.3 is 24.4 Å². The van der Waals surface area contributed by atoms with E-state index in [1.807, 2.05) is 0 Å². The van der Waals surface area contributed by atoms with E-state index in [1.165, 1.54) is 30.1 Å². The lowest BCUT2D eigenvalue weighted by atomic mass is 9.61. The zero-order valence-electron chi connectivity index (χ0n) is 20.7. The first-order valence-electron chi connectivity index (χ1n) is 12.4. The molecule has 2 N–H and O–H groups in total. The second-order valence-electron chi connectivity index (χ2n) is 10.4. The second kappa shape index (κ2) is 11.8. The van der Waals surface area contributed by atoms with Crippen LogP contribution in [0.25, 0.3) is 0 Å². The molecule has 0 aromatic carbocycles. The Labute approximate surface area is 198 Å². The van der Waals surface area contributed by atoms with Crippen LogP contribution in [-0.4, -0.2) is 54.0 Å². The summed E-state index contributed by atoms with van der Waals surface area (Å²) < 4.78 is 16.8. The minimum absolute atomic E-state index is 0.000785. The highest BCUT2D eigenvalue weighted by atomic mass is 16.7. The molecule has 2 aliphatic carbocycles. The van der Waals surface area contributed by atoms with E-state index in [0.717, 1.165) is 32.1 Å². The zero-order chi connectivity index (χ0) is 24.1. The lowest BCUT2D eigenvalue weighted by Crippen LogP contribution is -2.55. The summed E-state index contributed by atoms with van der Waals surface area (Å²) in [6.07, 6.45) is 6.89. The molecule has 1 saturated heterocycles. The number of ether oxygens (including phenoxy) is 3. The summed E-state index contributed by atoms with van der Waals surface area (Å²) in [5, 5.41) is 20.9. The monoisotopic (exact) mass is 462 g/mol. The summed E-state index contributed by atoms with van der Waals surface area (Å²) in [7, 11) is 0. The Morgan fingerprint density at radius 1 is 1.24 bits per heavy atom. The number of allylic oxidation sites excluding steroid dienone is 5. The second-order valence-corrected chi connectivity index (χ2v) is 10.4. The number of aliphatic hydroxyl groups excluding tert-OH is 2. The van der Waals surface area contributed by atoms with E-state index >= 15 is 0 Å². The van der Waals surface area contributed by atoms with Gasteiger partial charge >= 0.3 is 5.97 Å². The number of fused-ring (bicyclic) bond motifs is 1. The molecule has 186 valence electrons. The van der Waals surface area contributed by atoms with Crippen LogP contribution in [0.2, 0.25) is 0 Å². The number of hydrogen-bond donors (Lipinski definition) is 2. The van der Waals surface area contributed by atoms with Crippen molar-refractivity contribution in [3.8, 4) is 0 Å². The molecule has 1 aliphatic heterocycles. The molecule has 0 unspecified atom stereocenters. The third-order valence-electron chi connectivity index (χ3n) is 7.53. The summed E-state index contributed by atoms with van der Waals surface area (Å²) in [5.74, 6) is 1.30. The van der Waals surface area contributed by atoms with Gasteiger partial charge in [-0.3, -0.25) is 4.79 Å². The van der Waals surface area contributed by atoms with Crippen LogP contribution in [0.3, 0.4) is 0 Å². The summed E-state index contributed by atoms with van der Waals surface area (Å²) >= 11 is 0. The molecule has 3 aliphatic rings. The average Bonchev–Trinajstić information content (AvgIpc) is 2.75. The Bertz CT molecular complexity index is 752. The fourth-order valence-electron chi connectivity index (χ4n) is 5.74. The summed E-state index contributed by atoms with van der Waals surface area (Å²) in [6.45, 7) is 12.6. The third kappa shape index (κ3) is 6.78. The Morgan fingerprint density at radius 2 is 2.00 bits per heavy atom. The SMILES string of the molecule is C=C1CC[C@@H]([C@H](CCC=C(C)C)CO[C@H]2OC[C@H](OC(C)=O)[C@@H](O)[C@@H]2O)[C@@H]2C=C(C)CC[C@H]12. The van der Waals surface area contributed by atoms with Crippen LogP contribution < -0.4 is 0 Å². The molecule has 0 radical (unpaired) electrons. The average molecular weight is 463 g/mol. The molecule has 0 spiro atoms. The summed E-state index contributed by atoms with van der Waals surface area (Å²) in [6, 6.07) is 0. The Kier molecular flexibility index (Phi) is 9.34. The molecule has 0 amide bonds. The van der Waals surface area contributed by atoms with Gasteiger partial charge in [-0.05, 0) is 83.0 Å². The molecular formula is C27H42O6. The van der Waals surface area contributed by atoms with Crippen LogP contribution >= 0.6 is 0 Å². The van der Waals surface area contributed by atoms with Crippen molar-refractivity contribution in [2.75, 3.05) is 13.2 Å². The maximum Gasteiger partial charge on any atom is 0.303 e. The molecule has 1 heterocycles. The first-order chi connectivity index (χ1) is 15.7. The first kappa shape index (κ1) is 26.1. The van der Waals surface area contributed by atoms with Crippen molar-refractivity contribution >= 4 is 5.97 Å². The van der Waals surface area contributed by atoms with Crippen molar-refractivity contribution in [2.24, 2.45) is 23.7 Å². The first-order valence-corrected chi connectivity index (χ1v) is 12.4. The minimum atomic E-state index is -1.27. The molecule has 1 saturated carbocycles.